The number of primary amides is 1. The summed E-state index contributed by atoms with van der Waals surface area (Å²) >= 11 is 8.47. The number of halogens is 1. The third-order valence-electron chi connectivity index (χ3n) is 16.4. The van der Waals surface area contributed by atoms with E-state index in [0.29, 0.717) is 55.0 Å². The number of aliphatic hydroxyl groups is 1. The third kappa shape index (κ3) is 16.1. The maximum absolute atomic E-state index is 14.7. The Labute approximate surface area is 508 Å². The smallest absolute Gasteiger partial charge is 0.396 e. The van der Waals surface area contributed by atoms with Gasteiger partial charge in [-0.25, -0.2) is 4.98 Å². The van der Waals surface area contributed by atoms with Crippen LogP contribution in [-0.4, -0.2) is 138 Å². The number of thiazole rings is 1. The number of hydrogen-bond donors (Lipinski definition) is 9. The fourth-order valence-corrected chi connectivity index (χ4v) is 13.2. The van der Waals surface area contributed by atoms with Crippen molar-refractivity contribution in [2.45, 2.75) is 160 Å². The van der Waals surface area contributed by atoms with Gasteiger partial charge in [0.2, 0.25) is 35.4 Å². The number of carbonyl (C=O) groups is 8. The minimum atomic E-state index is -5.06. The number of β-amino-alcohol motifs (C(OH)–C–C–N with tert-alkyl or cyclic N) is 1. The number of aliphatic hydroxyl groups excluding tert-OH is 1. The molecule has 0 unspecified atom stereocenters. The number of nitrogens with two attached hydrogens (primary N) is 1. The van der Waals surface area contributed by atoms with Crippen LogP contribution in [-0.2, 0) is 39.8 Å². The van der Waals surface area contributed by atoms with Gasteiger partial charge in [-0.15, -0.1) is 11.3 Å². The molecule has 0 spiro atoms. The van der Waals surface area contributed by atoms with Gasteiger partial charge in [-0.2, -0.15) is 0 Å². The molecule has 1 saturated carbocycles. The fraction of sp³-hybridized carbons (Fsp3) is 0.492. The number of fused-ring (bicyclic) bond motifs is 1. The molecule has 8 rings (SSSR count). The third-order valence-corrected chi connectivity index (χ3v) is 18.6. The predicted octanol–water partition coefficient (Wildman–Crippen LogP) is 6.76. The van der Waals surface area contributed by atoms with Gasteiger partial charge in [-0.3, -0.25) is 42.9 Å². The summed E-state index contributed by atoms with van der Waals surface area (Å²) in [4.78, 5) is 139. The molecule has 2 aliphatic heterocycles. The number of amides is 7. The van der Waals surface area contributed by atoms with Crippen molar-refractivity contribution in [1.82, 2.24) is 41.0 Å². The molecule has 2 saturated heterocycles. The Bertz CT molecular complexity index is 3370. The minimum Gasteiger partial charge on any atom is -0.490 e. The minimum absolute atomic E-state index is 0.0169. The summed E-state index contributed by atoms with van der Waals surface area (Å²) in [7, 11) is -5.06. The van der Waals surface area contributed by atoms with Crippen LogP contribution in [0.4, 0.5) is 0 Å². The molecule has 3 aliphatic rings. The number of rotatable bonds is 24. The summed E-state index contributed by atoms with van der Waals surface area (Å²) in [6.45, 7) is 9.29. The molecule has 2 aromatic heterocycles. The molecular weight excluding hydrogens is 1170 g/mol. The van der Waals surface area contributed by atoms with E-state index < -0.39 is 102 Å². The largest absolute Gasteiger partial charge is 0.490 e. The predicted molar refractivity (Wildman–Crippen MR) is 324 cm³/mol. The summed E-state index contributed by atoms with van der Waals surface area (Å²) in [5.74, 6) is -3.38. The van der Waals surface area contributed by atoms with Crippen molar-refractivity contribution in [3.8, 4) is 16.2 Å². The molecule has 3 fully saturated rings. The number of benzene rings is 3. The number of aromatic amines is 1. The van der Waals surface area contributed by atoms with Crippen LogP contribution in [0, 0.1) is 18.3 Å². The van der Waals surface area contributed by atoms with E-state index in [2.05, 4.69) is 31.2 Å². The van der Waals surface area contributed by atoms with Crippen molar-refractivity contribution < 1.29 is 62.6 Å². The van der Waals surface area contributed by atoms with Gasteiger partial charge in [0.15, 0.2) is 0 Å². The second-order valence-corrected chi connectivity index (χ2v) is 26.6. The number of hydrogen-bond acceptors (Lipinski definition) is 13. The molecule has 5 aromatic rings. The van der Waals surface area contributed by atoms with E-state index in [1.807, 2.05) is 58.9 Å². The summed E-state index contributed by atoms with van der Waals surface area (Å²) in [5.41, 5.74) is 8.95. The number of aryl methyl sites for hydroxylation is 2. The number of aromatic nitrogens is 2. The second-order valence-electron chi connectivity index (χ2n) is 23.9. The Morgan fingerprint density at radius 1 is 0.872 bits per heavy atom. The van der Waals surface area contributed by atoms with Gasteiger partial charge in [0.05, 0.1) is 39.3 Å². The summed E-state index contributed by atoms with van der Waals surface area (Å²) in [6.07, 6.45) is 4.60. The van der Waals surface area contributed by atoms with Crippen LogP contribution in [0.3, 0.4) is 0 Å². The van der Waals surface area contributed by atoms with Crippen molar-refractivity contribution >= 4 is 88.3 Å². The molecule has 0 radical (unpaired) electrons. The van der Waals surface area contributed by atoms with Gasteiger partial charge >= 0.3 is 7.60 Å². The van der Waals surface area contributed by atoms with Gasteiger partial charge in [0.25, 0.3) is 11.4 Å². The van der Waals surface area contributed by atoms with E-state index in [9.17, 15) is 57.8 Å². The van der Waals surface area contributed by atoms with Crippen LogP contribution >= 0.6 is 30.5 Å². The van der Waals surface area contributed by atoms with Crippen LogP contribution in [0.2, 0.25) is 5.02 Å². The van der Waals surface area contributed by atoms with Gasteiger partial charge in [-0.05, 0) is 117 Å². The summed E-state index contributed by atoms with van der Waals surface area (Å²) in [5, 5.41) is 23.2. The normalized spacial score (nSPS) is 18.9. The molecule has 3 aromatic carbocycles. The van der Waals surface area contributed by atoms with E-state index in [-0.39, 0.29) is 73.3 Å². The van der Waals surface area contributed by atoms with Crippen molar-refractivity contribution in [2.24, 2.45) is 17.1 Å². The van der Waals surface area contributed by atoms with Crippen LogP contribution in [0.25, 0.3) is 21.3 Å². The first-order chi connectivity index (χ1) is 40.8. The zero-order valence-corrected chi connectivity index (χ0v) is 51.4. The highest BCUT2D eigenvalue weighted by atomic mass is 35.5. The number of nitrogens with one attached hydrogen (secondary N) is 5. The lowest BCUT2D eigenvalue weighted by atomic mass is 9.83. The fourth-order valence-electron chi connectivity index (χ4n) is 11.7. The quantitative estimate of drug-likeness (QED) is 0.0288. The van der Waals surface area contributed by atoms with Crippen molar-refractivity contribution in [2.75, 3.05) is 19.7 Å². The molecule has 462 valence electrons. The maximum Gasteiger partial charge on any atom is 0.396 e. The zero-order chi connectivity index (χ0) is 62.2. The zero-order valence-electron chi connectivity index (χ0n) is 48.9. The Morgan fingerprint density at radius 2 is 1.59 bits per heavy atom. The second kappa shape index (κ2) is 28.2. The summed E-state index contributed by atoms with van der Waals surface area (Å²) < 4.78 is 17.9. The Kier molecular flexibility index (Phi) is 21.3. The van der Waals surface area contributed by atoms with Gasteiger partial charge in [0, 0.05) is 48.8 Å². The van der Waals surface area contributed by atoms with Crippen LogP contribution in [0.5, 0.6) is 5.75 Å². The molecule has 7 atom stereocenters. The lowest BCUT2D eigenvalue weighted by Crippen LogP contribution is -2.57. The number of likely N-dealkylation sites (tertiary alicyclic amines) is 2. The van der Waals surface area contributed by atoms with Crippen molar-refractivity contribution in [1.29, 1.82) is 0 Å². The van der Waals surface area contributed by atoms with Crippen molar-refractivity contribution in [3.05, 3.63) is 105 Å². The van der Waals surface area contributed by atoms with Gasteiger partial charge < -0.3 is 61.4 Å². The van der Waals surface area contributed by atoms with Gasteiger partial charge in [-0.1, -0.05) is 88.0 Å². The first-order valence-electron chi connectivity index (χ1n) is 29.2. The number of nitrogens with zero attached hydrogens (tertiary/aromatic N) is 3. The highest BCUT2D eigenvalue weighted by molar-refractivity contribution is 7.70. The molecule has 4 heterocycles. The lowest BCUT2D eigenvalue weighted by Gasteiger charge is -2.35. The topological polar surface area (TPSA) is 333 Å². The van der Waals surface area contributed by atoms with E-state index in [4.69, 9.17) is 22.1 Å². The average Bonchev–Trinajstić information content (AvgIpc) is 3.09. The summed E-state index contributed by atoms with van der Waals surface area (Å²) in [6, 6.07) is 13.3. The lowest BCUT2D eigenvalue weighted by molar-refractivity contribution is -0.144. The molecule has 25 heteroatoms. The molecular formula is C61H77ClN9O13PS. The number of ether oxygens (including phenoxy) is 1. The average molecular weight is 1240 g/mol. The van der Waals surface area contributed by atoms with Crippen LogP contribution in [0.1, 0.15) is 148 Å². The Balaban J connectivity index is 0.858. The monoisotopic (exact) mass is 1240 g/mol. The van der Waals surface area contributed by atoms with E-state index in [1.165, 1.54) is 34.1 Å². The standard InChI is InChI=1S/C61H77ClN9O13PS/c1-34(36-19-21-39(22-20-36)53-35(2)64-33-86-53)65-57(77)47-30-43(72)31-71(47)59(79)54(61(3,4)5)68-50(74)18-10-15-37-14-9-17-48(51(37)62)84-32-42(24-26-49(63)73)66-56(76)46-16-11-27-70(46)58(78)52(38-12-7-6-8-13-38)69-55(75)45-29-41-28-40(23-25-44(41)67-45)60(80)85(81,82)83/h9,14,17,19-23,25,28-29,33-34,38,42-43,46-47,52,54,67,72H,6-8,10-13,15-16,18,24,26-27,30-32H2,1-5H3,(H2,63,73)(H,65,77)(H,66,76)(H,68,74)(H,69,75)(H2,81,82,83)/t34-,42-,43+,46-,47-,52-,54+/m0/s1. The van der Waals surface area contributed by atoms with Crippen LogP contribution < -0.4 is 31.7 Å². The molecule has 10 N–H and O–H groups in total. The SMILES string of the molecule is Cc1ncsc1-c1ccc([C@H](C)NC(=O)[C@@H]2C[C@@H](O)CN2C(=O)[C@@H](NC(=O)CCCc2cccc(OC[C@H](CCC(N)=O)NC(=O)[C@@H]3CCCN3C(=O)[C@@H](NC(=O)c3cc4cc(C(=O)P(=O)(O)O)ccc4[nH]3)C3CCCCC3)c2Cl)C(C)(C)C)cc1. The Morgan fingerprint density at radius 3 is 2.27 bits per heavy atom. The molecule has 1 aliphatic carbocycles. The molecule has 0 bridgehead atoms. The first kappa shape index (κ1) is 65.0. The molecule has 22 nitrogen and oxygen atoms in total. The van der Waals surface area contributed by atoms with Crippen molar-refractivity contribution in [3.63, 3.8) is 0 Å². The number of H-pyrrole nitrogens is 1. The maximum atomic E-state index is 14.7. The molecule has 86 heavy (non-hydrogen) atoms. The van der Waals surface area contributed by atoms with Gasteiger partial charge in [0.1, 0.15) is 42.2 Å². The number of carbonyl (C=O) groups excluding carboxylic acids is 8. The van der Waals surface area contributed by atoms with E-state index >= 15 is 0 Å². The first-order valence-corrected chi connectivity index (χ1v) is 32.1. The van der Waals surface area contributed by atoms with Crippen LogP contribution in [0.15, 0.2) is 72.2 Å². The van der Waals surface area contributed by atoms with E-state index in [0.717, 1.165) is 41.0 Å². The van der Waals surface area contributed by atoms with E-state index in [1.54, 1.807) is 35.0 Å². The Hall–Kier alpha value is -7.01. The molecule has 7 amide bonds. The highest BCUT2D eigenvalue weighted by Gasteiger charge is 2.45. The highest BCUT2D eigenvalue weighted by Crippen LogP contribution is 2.40.